The normalized spacial score (nSPS) is 13.7. The average molecular weight is 429 g/mol. The molecule has 0 aliphatic rings. The third-order valence-corrected chi connectivity index (χ3v) is 4.55. The van der Waals surface area contributed by atoms with Gasteiger partial charge in [-0.2, -0.15) is 5.43 Å². The first-order valence-corrected chi connectivity index (χ1v) is 10.4. The number of carbonyl (C=O) groups is 2. The van der Waals surface area contributed by atoms with Gasteiger partial charge < -0.3 is 15.2 Å². The standard InChI is InChI=1S/C24H33N3O4/c1-24(2,3)31-23(30)25-20(16-18-12-8-6-9-13-18)21(28)17-27(4,5)26-22(29)19-14-10-7-11-15-19/h6-15,20-21,28H,16-17H2,1-5H3,(H-,25,26,29,30)/p+1/t20-,21-/m0/s1. The van der Waals surface area contributed by atoms with Gasteiger partial charge in [-0.25, -0.2) is 9.39 Å². The molecule has 0 fully saturated rings. The Morgan fingerprint density at radius 2 is 1.55 bits per heavy atom. The Balaban J connectivity index is 2.09. The van der Waals surface area contributed by atoms with Gasteiger partial charge in [0.05, 0.1) is 20.1 Å². The summed E-state index contributed by atoms with van der Waals surface area (Å²) in [6.07, 6.45) is -1.10. The number of rotatable bonds is 8. The van der Waals surface area contributed by atoms with Crippen molar-refractivity contribution >= 4 is 12.0 Å². The lowest BCUT2D eigenvalue weighted by molar-refractivity contribution is -0.927. The van der Waals surface area contributed by atoms with Gasteiger partial charge in [0.15, 0.2) is 0 Å². The number of likely N-dealkylation sites (N-methyl/N-ethyl adjacent to an activating group) is 1. The van der Waals surface area contributed by atoms with Gasteiger partial charge in [-0.1, -0.05) is 48.5 Å². The molecule has 0 unspecified atom stereocenters. The second-order valence-electron chi connectivity index (χ2n) is 9.18. The van der Waals surface area contributed by atoms with E-state index in [1.165, 1.54) is 0 Å². The van der Waals surface area contributed by atoms with E-state index in [4.69, 9.17) is 4.74 Å². The Morgan fingerprint density at radius 3 is 2.10 bits per heavy atom. The zero-order valence-corrected chi connectivity index (χ0v) is 19.0. The molecule has 0 radical (unpaired) electrons. The monoisotopic (exact) mass is 428 g/mol. The van der Waals surface area contributed by atoms with Gasteiger partial charge in [-0.15, -0.1) is 0 Å². The van der Waals surface area contributed by atoms with Gasteiger partial charge in [0.25, 0.3) is 5.91 Å². The SMILES string of the molecule is CC(C)(C)OC(=O)N[C@@H](Cc1ccccc1)[C@@H](O)C[N+](C)(C)NC(=O)c1ccccc1. The number of alkyl carbamates (subject to hydrolysis) is 1. The number of nitrogens with one attached hydrogen (secondary N) is 2. The van der Waals surface area contributed by atoms with Gasteiger partial charge in [0, 0.05) is 5.56 Å². The molecule has 31 heavy (non-hydrogen) atoms. The van der Waals surface area contributed by atoms with E-state index in [9.17, 15) is 14.7 Å². The smallest absolute Gasteiger partial charge is 0.407 e. The van der Waals surface area contributed by atoms with Crippen LogP contribution in [0.2, 0.25) is 0 Å². The molecular weight excluding hydrogens is 394 g/mol. The predicted octanol–water partition coefficient (Wildman–Crippen LogP) is 2.90. The third kappa shape index (κ3) is 8.78. The molecule has 2 atom stereocenters. The largest absolute Gasteiger partial charge is 0.444 e. The van der Waals surface area contributed by atoms with Crippen LogP contribution in [0, 0.1) is 0 Å². The molecule has 7 heteroatoms. The summed E-state index contributed by atoms with van der Waals surface area (Å²) in [5.74, 6) is -0.238. The minimum absolute atomic E-state index is 0.0379. The van der Waals surface area contributed by atoms with Crippen molar-refractivity contribution in [1.82, 2.24) is 10.7 Å². The molecule has 2 rings (SSSR count). The molecule has 0 bridgehead atoms. The molecule has 3 N–H and O–H groups in total. The molecule has 2 aromatic rings. The molecule has 7 nitrogen and oxygen atoms in total. The zero-order valence-electron chi connectivity index (χ0n) is 19.0. The second-order valence-corrected chi connectivity index (χ2v) is 9.18. The van der Waals surface area contributed by atoms with Gasteiger partial charge in [-0.3, -0.25) is 4.79 Å². The lowest BCUT2D eigenvalue weighted by atomic mass is 10.0. The number of carbonyl (C=O) groups excluding carboxylic acids is 2. The van der Waals surface area contributed by atoms with Crippen LogP contribution in [0.3, 0.4) is 0 Å². The van der Waals surface area contributed by atoms with E-state index in [-0.39, 0.29) is 17.0 Å². The lowest BCUT2D eigenvalue weighted by Crippen LogP contribution is -2.61. The molecule has 0 aromatic heterocycles. The molecule has 0 saturated heterocycles. The molecule has 0 aliphatic heterocycles. The highest BCUT2D eigenvalue weighted by Crippen LogP contribution is 2.12. The van der Waals surface area contributed by atoms with Crippen molar-refractivity contribution in [3.8, 4) is 0 Å². The van der Waals surface area contributed by atoms with Gasteiger partial charge in [0.1, 0.15) is 18.2 Å². The van der Waals surface area contributed by atoms with Crippen LogP contribution in [0.5, 0.6) is 0 Å². The Hall–Kier alpha value is -2.90. The van der Waals surface area contributed by atoms with Crippen LogP contribution in [0.25, 0.3) is 0 Å². The summed E-state index contributed by atoms with van der Waals surface area (Å²) < 4.78 is 5.41. The van der Waals surface area contributed by atoms with Crippen molar-refractivity contribution in [2.24, 2.45) is 0 Å². The minimum Gasteiger partial charge on any atom is -0.444 e. The Morgan fingerprint density at radius 1 is 1.00 bits per heavy atom. The van der Waals surface area contributed by atoms with Crippen LogP contribution in [0.4, 0.5) is 4.79 Å². The van der Waals surface area contributed by atoms with Gasteiger partial charge in [0.2, 0.25) is 0 Å². The maximum Gasteiger partial charge on any atom is 0.407 e. The summed E-state index contributed by atoms with van der Waals surface area (Å²) in [4.78, 5) is 24.9. The van der Waals surface area contributed by atoms with Crippen LogP contribution in [-0.2, 0) is 11.2 Å². The first-order valence-electron chi connectivity index (χ1n) is 10.4. The summed E-state index contributed by atoms with van der Waals surface area (Å²) in [5, 5.41) is 13.8. The second kappa shape index (κ2) is 10.4. The van der Waals surface area contributed by atoms with Crippen LogP contribution in [0.1, 0.15) is 36.7 Å². The summed E-state index contributed by atoms with van der Waals surface area (Å²) in [6, 6.07) is 17.9. The summed E-state index contributed by atoms with van der Waals surface area (Å²) in [6.45, 7) is 5.54. The lowest BCUT2D eigenvalue weighted by Gasteiger charge is -2.34. The fourth-order valence-electron chi connectivity index (χ4n) is 3.18. The summed E-state index contributed by atoms with van der Waals surface area (Å²) in [7, 11) is 3.58. The quantitative estimate of drug-likeness (QED) is 0.446. The predicted molar refractivity (Wildman–Crippen MR) is 120 cm³/mol. The van der Waals surface area contributed by atoms with Crippen LogP contribution in [-0.4, -0.2) is 60.1 Å². The molecule has 168 valence electrons. The molecule has 0 saturated carbocycles. The maximum absolute atomic E-state index is 12.5. The minimum atomic E-state index is -0.932. The molecule has 2 aromatic carbocycles. The van der Waals surface area contributed by atoms with E-state index in [2.05, 4.69) is 10.7 Å². The molecule has 0 aliphatic carbocycles. The van der Waals surface area contributed by atoms with Gasteiger partial charge in [-0.05, 0) is 44.9 Å². The fourth-order valence-corrected chi connectivity index (χ4v) is 3.18. The molecule has 0 spiro atoms. The van der Waals surface area contributed by atoms with Gasteiger partial charge >= 0.3 is 6.09 Å². The number of quaternary nitrogens is 1. The molecule has 0 heterocycles. The highest BCUT2D eigenvalue weighted by molar-refractivity contribution is 5.93. The highest BCUT2D eigenvalue weighted by Gasteiger charge is 2.31. The number of benzene rings is 2. The Bertz CT molecular complexity index is 848. The summed E-state index contributed by atoms with van der Waals surface area (Å²) >= 11 is 0. The van der Waals surface area contributed by atoms with E-state index in [0.29, 0.717) is 12.0 Å². The summed E-state index contributed by atoms with van der Waals surface area (Å²) in [5.41, 5.74) is 3.77. The third-order valence-electron chi connectivity index (χ3n) is 4.55. The highest BCUT2D eigenvalue weighted by atomic mass is 16.6. The Kier molecular flexibility index (Phi) is 8.19. The van der Waals surface area contributed by atoms with Crippen molar-refractivity contribution in [3.63, 3.8) is 0 Å². The van der Waals surface area contributed by atoms with E-state index >= 15 is 0 Å². The zero-order chi connectivity index (χ0) is 23.1. The number of aliphatic hydroxyl groups excluding tert-OH is 1. The van der Waals surface area contributed by atoms with Crippen LogP contribution < -0.4 is 10.7 Å². The van der Waals surface area contributed by atoms with Crippen molar-refractivity contribution in [2.45, 2.75) is 44.9 Å². The van der Waals surface area contributed by atoms with Crippen LogP contribution >= 0.6 is 0 Å². The average Bonchev–Trinajstić information content (AvgIpc) is 2.66. The first kappa shape index (κ1) is 24.4. The van der Waals surface area contributed by atoms with Crippen molar-refractivity contribution in [1.29, 1.82) is 0 Å². The van der Waals surface area contributed by atoms with E-state index in [1.807, 2.05) is 36.4 Å². The van der Waals surface area contributed by atoms with E-state index < -0.39 is 23.8 Å². The number of hydrogen-bond acceptors (Lipinski definition) is 4. The first-order chi connectivity index (χ1) is 14.5. The Labute approximate surface area is 184 Å². The van der Waals surface area contributed by atoms with Crippen LogP contribution in [0.15, 0.2) is 60.7 Å². The topological polar surface area (TPSA) is 87.7 Å². The van der Waals surface area contributed by atoms with E-state index in [1.54, 1.807) is 59.1 Å². The van der Waals surface area contributed by atoms with Crippen molar-refractivity contribution in [2.75, 3.05) is 20.6 Å². The van der Waals surface area contributed by atoms with Crippen molar-refractivity contribution < 1.29 is 24.0 Å². The molecular formula is C24H34N3O4+. The number of hydrogen-bond donors (Lipinski definition) is 3. The van der Waals surface area contributed by atoms with E-state index in [0.717, 1.165) is 5.56 Å². The number of ether oxygens (including phenoxy) is 1. The molecule has 2 amide bonds. The number of amides is 2. The number of aliphatic hydroxyl groups is 1. The van der Waals surface area contributed by atoms with Crippen molar-refractivity contribution in [3.05, 3.63) is 71.8 Å². The number of nitrogens with zero attached hydrogens (tertiary/aromatic N) is 1. The maximum atomic E-state index is 12.5. The fraction of sp³-hybridized carbons (Fsp3) is 0.417.